The first-order valence-corrected chi connectivity index (χ1v) is 13.3. The number of aromatic nitrogens is 1. The number of nitrogens with zero attached hydrogens (tertiary/aromatic N) is 3. The third-order valence-electron chi connectivity index (χ3n) is 5.59. The van der Waals surface area contributed by atoms with E-state index in [0.717, 1.165) is 23.0 Å². The molecule has 4 rings (SSSR count). The van der Waals surface area contributed by atoms with Gasteiger partial charge in [-0.2, -0.15) is 17.5 Å². The van der Waals surface area contributed by atoms with Crippen LogP contribution in [0.4, 0.5) is 18.3 Å². The van der Waals surface area contributed by atoms with Crippen molar-refractivity contribution in [3.05, 3.63) is 74.7 Å². The van der Waals surface area contributed by atoms with Crippen molar-refractivity contribution in [2.75, 3.05) is 31.1 Å². The van der Waals surface area contributed by atoms with Gasteiger partial charge in [-0.05, 0) is 37.6 Å². The zero-order chi connectivity index (χ0) is 24.7. The summed E-state index contributed by atoms with van der Waals surface area (Å²) in [4.78, 5) is 6.19. The lowest BCUT2D eigenvalue weighted by Gasteiger charge is -2.34. The van der Waals surface area contributed by atoms with Gasteiger partial charge < -0.3 is 4.90 Å². The largest absolute Gasteiger partial charge is 0.416 e. The van der Waals surface area contributed by atoms with Gasteiger partial charge in [0, 0.05) is 38.0 Å². The predicted octanol–water partition coefficient (Wildman–Crippen LogP) is 5.53. The van der Waals surface area contributed by atoms with Crippen LogP contribution in [0.2, 0.25) is 5.02 Å². The molecule has 2 heterocycles. The van der Waals surface area contributed by atoms with E-state index in [0.29, 0.717) is 25.6 Å². The second-order valence-electron chi connectivity index (χ2n) is 8.33. The second-order valence-corrected chi connectivity index (χ2v) is 11.5. The number of piperazine rings is 1. The Hall–Kier alpha value is -2.14. The number of hydrogen-bond acceptors (Lipinski definition) is 5. The number of alkyl halides is 3. The van der Waals surface area contributed by atoms with Gasteiger partial charge in [0.15, 0.2) is 5.13 Å². The van der Waals surface area contributed by atoms with Crippen molar-refractivity contribution in [1.29, 1.82) is 0 Å². The molecule has 0 saturated carbocycles. The van der Waals surface area contributed by atoms with Crippen LogP contribution in [-0.4, -0.2) is 43.9 Å². The SMILES string of the molecule is Cc1cc(C)cc(Cc2csc(N3CCN(S(=O)(=O)c4cc(C(F)(F)F)ccc4Cl)CC3)n2)c1. The average Bonchev–Trinajstić information content (AvgIpc) is 3.21. The highest BCUT2D eigenvalue weighted by Crippen LogP contribution is 2.35. The summed E-state index contributed by atoms with van der Waals surface area (Å²) < 4.78 is 66.5. The molecular weight excluding hydrogens is 507 g/mol. The smallest absolute Gasteiger partial charge is 0.345 e. The maximum absolute atomic E-state index is 13.1. The van der Waals surface area contributed by atoms with Gasteiger partial charge in [0.1, 0.15) is 4.90 Å². The number of halogens is 4. The van der Waals surface area contributed by atoms with E-state index in [1.807, 2.05) is 10.3 Å². The highest BCUT2D eigenvalue weighted by atomic mass is 35.5. The lowest BCUT2D eigenvalue weighted by atomic mass is 10.0. The Balaban J connectivity index is 1.45. The molecule has 3 aromatic rings. The average molecular weight is 530 g/mol. The Labute approximate surface area is 205 Å². The Bertz CT molecular complexity index is 1280. The fourth-order valence-corrected chi connectivity index (χ4v) is 6.84. The van der Waals surface area contributed by atoms with E-state index in [2.05, 4.69) is 32.0 Å². The van der Waals surface area contributed by atoms with Crippen LogP contribution < -0.4 is 4.90 Å². The lowest BCUT2D eigenvalue weighted by Crippen LogP contribution is -2.48. The van der Waals surface area contributed by atoms with Gasteiger partial charge in [-0.15, -0.1) is 11.3 Å². The molecule has 182 valence electrons. The molecule has 0 bridgehead atoms. The van der Waals surface area contributed by atoms with Crippen molar-refractivity contribution < 1.29 is 21.6 Å². The summed E-state index contributed by atoms with van der Waals surface area (Å²) in [6.07, 6.45) is -3.95. The van der Waals surface area contributed by atoms with Crippen LogP contribution in [0.5, 0.6) is 0 Å². The minimum atomic E-state index is -4.66. The molecule has 11 heteroatoms. The van der Waals surface area contributed by atoms with Crippen molar-refractivity contribution in [3.8, 4) is 0 Å². The molecule has 34 heavy (non-hydrogen) atoms. The quantitative estimate of drug-likeness (QED) is 0.436. The Morgan fingerprint density at radius 1 is 1.03 bits per heavy atom. The predicted molar refractivity (Wildman–Crippen MR) is 128 cm³/mol. The molecule has 1 aliphatic rings. The second kappa shape index (κ2) is 9.49. The van der Waals surface area contributed by atoms with Crippen LogP contribution in [0.25, 0.3) is 0 Å². The number of hydrogen-bond donors (Lipinski definition) is 0. The minimum absolute atomic E-state index is 0.126. The highest BCUT2D eigenvalue weighted by Gasteiger charge is 2.35. The lowest BCUT2D eigenvalue weighted by molar-refractivity contribution is -0.137. The molecule has 0 radical (unpaired) electrons. The Morgan fingerprint density at radius 3 is 2.29 bits per heavy atom. The van der Waals surface area contributed by atoms with Gasteiger partial charge in [-0.1, -0.05) is 40.9 Å². The maximum atomic E-state index is 13.1. The van der Waals surface area contributed by atoms with Gasteiger partial charge in [-0.3, -0.25) is 0 Å². The third-order valence-corrected chi connectivity index (χ3v) is 8.92. The molecule has 0 N–H and O–H groups in total. The first kappa shape index (κ1) is 25.0. The van der Waals surface area contributed by atoms with Crippen LogP contribution in [0.15, 0.2) is 46.7 Å². The van der Waals surface area contributed by atoms with E-state index >= 15 is 0 Å². The van der Waals surface area contributed by atoms with Crippen LogP contribution in [-0.2, 0) is 22.6 Å². The molecule has 2 aromatic carbocycles. The first-order valence-electron chi connectivity index (χ1n) is 10.6. The van der Waals surface area contributed by atoms with E-state index in [9.17, 15) is 21.6 Å². The van der Waals surface area contributed by atoms with Crippen LogP contribution in [0.3, 0.4) is 0 Å². The first-order chi connectivity index (χ1) is 15.9. The fourth-order valence-electron chi connectivity index (χ4n) is 4.04. The zero-order valence-electron chi connectivity index (χ0n) is 18.6. The maximum Gasteiger partial charge on any atom is 0.416 e. The number of anilines is 1. The van der Waals surface area contributed by atoms with E-state index in [1.54, 1.807) is 0 Å². The molecule has 5 nitrogen and oxygen atoms in total. The summed E-state index contributed by atoms with van der Waals surface area (Å²) in [6, 6.07) is 8.74. The Morgan fingerprint density at radius 2 is 1.68 bits per heavy atom. The van der Waals surface area contributed by atoms with Crippen molar-refractivity contribution in [1.82, 2.24) is 9.29 Å². The minimum Gasteiger partial charge on any atom is -0.345 e. The summed E-state index contributed by atoms with van der Waals surface area (Å²) >= 11 is 7.47. The number of aryl methyl sites for hydroxylation is 2. The topological polar surface area (TPSA) is 53.5 Å². The van der Waals surface area contributed by atoms with Gasteiger partial charge in [-0.25, -0.2) is 13.4 Å². The monoisotopic (exact) mass is 529 g/mol. The third kappa shape index (κ3) is 5.40. The zero-order valence-corrected chi connectivity index (χ0v) is 21.0. The van der Waals surface area contributed by atoms with Crippen molar-refractivity contribution in [3.63, 3.8) is 0 Å². The number of thiazole rings is 1. The van der Waals surface area contributed by atoms with Crippen molar-refractivity contribution >= 4 is 38.1 Å². The summed E-state index contributed by atoms with van der Waals surface area (Å²) in [5.41, 5.74) is 3.47. The highest BCUT2D eigenvalue weighted by molar-refractivity contribution is 7.89. The normalized spacial score (nSPS) is 15.6. The molecule has 0 unspecified atom stereocenters. The summed E-state index contributed by atoms with van der Waals surface area (Å²) in [7, 11) is -4.17. The molecule has 0 amide bonds. The summed E-state index contributed by atoms with van der Waals surface area (Å²) in [5, 5.41) is 2.57. The fraction of sp³-hybridized carbons (Fsp3) is 0.348. The Kier molecular flexibility index (Phi) is 6.97. The standard InChI is InChI=1S/C23H23ClF3N3O2S2/c1-15-9-16(2)11-17(10-15)12-19-14-33-22(28-19)29-5-7-30(8-6-29)34(31,32)21-13-18(23(25,26)27)3-4-20(21)24/h3-4,9-11,13-14H,5-8,12H2,1-2H3. The molecular formula is C23H23ClF3N3O2S2. The molecule has 1 aromatic heterocycles. The van der Waals surface area contributed by atoms with Gasteiger partial charge in [0.2, 0.25) is 10.0 Å². The molecule has 0 aliphatic carbocycles. The van der Waals surface area contributed by atoms with Crippen molar-refractivity contribution in [2.24, 2.45) is 0 Å². The van der Waals surface area contributed by atoms with E-state index in [-0.39, 0.29) is 18.1 Å². The van der Waals surface area contributed by atoms with Gasteiger partial charge >= 0.3 is 6.18 Å². The molecule has 1 fully saturated rings. The van der Waals surface area contributed by atoms with Crippen LogP contribution in [0.1, 0.15) is 27.9 Å². The molecule has 0 spiro atoms. The van der Waals surface area contributed by atoms with Crippen LogP contribution in [0, 0.1) is 13.8 Å². The molecule has 1 aliphatic heterocycles. The van der Waals surface area contributed by atoms with Gasteiger partial charge in [0.25, 0.3) is 0 Å². The number of rotatable bonds is 5. The van der Waals surface area contributed by atoms with E-state index in [1.165, 1.54) is 32.3 Å². The van der Waals surface area contributed by atoms with E-state index in [4.69, 9.17) is 16.6 Å². The molecule has 1 saturated heterocycles. The number of benzene rings is 2. The van der Waals surface area contributed by atoms with E-state index < -0.39 is 26.7 Å². The summed E-state index contributed by atoms with van der Waals surface area (Å²) in [5.74, 6) is 0. The number of sulfonamides is 1. The van der Waals surface area contributed by atoms with Crippen molar-refractivity contribution in [2.45, 2.75) is 31.3 Å². The van der Waals surface area contributed by atoms with Crippen LogP contribution >= 0.6 is 22.9 Å². The molecule has 0 atom stereocenters. The van der Waals surface area contributed by atoms with Gasteiger partial charge in [0.05, 0.1) is 16.3 Å². The summed E-state index contributed by atoms with van der Waals surface area (Å²) in [6.45, 7) is 5.13.